The first-order chi connectivity index (χ1) is 9.08. The third-order valence-corrected chi connectivity index (χ3v) is 3.34. The molecule has 0 bridgehead atoms. The third kappa shape index (κ3) is 4.91. The molecule has 1 aliphatic rings. The molecule has 19 heavy (non-hydrogen) atoms. The monoisotopic (exact) mass is 265 g/mol. The number of hydrogen-bond donors (Lipinski definition) is 1. The maximum atomic E-state index is 12.0. The van der Waals surface area contributed by atoms with Crippen LogP contribution in [0.3, 0.4) is 0 Å². The number of aliphatic hydroxyl groups excluding tert-OH is 1. The number of amides is 1. The number of carbonyl (C=O) groups excluding carboxylic acids is 1. The molecule has 0 aromatic carbocycles. The van der Waals surface area contributed by atoms with E-state index in [1.807, 2.05) is 6.92 Å². The van der Waals surface area contributed by atoms with E-state index in [1.165, 1.54) is 0 Å². The standard InChI is InChI=1S/C15H23NO3/c1-4-6-13(5-2)11-19-15(18)16-10-9-14(17)8-7-12(16)3/h4-6,12,14,17H,1-2,7-11H2,3H3/b13-6+. The van der Waals surface area contributed by atoms with Gasteiger partial charge in [0, 0.05) is 12.6 Å². The van der Waals surface area contributed by atoms with Crippen molar-refractivity contribution in [2.24, 2.45) is 0 Å². The van der Waals surface area contributed by atoms with E-state index in [9.17, 15) is 9.90 Å². The van der Waals surface area contributed by atoms with Gasteiger partial charge in [-0.25, -0.2) is 4.79 Å². The van der Waals surface area contributed by atoms with Gasteiger partial charge in [0.05, 0.1) is 6.10 Å². The van der Waals surface area contributed by atoms with Crippen LogP contribution in [0.15, 0.2) is 37.0 Å². The van der Waals surface area contributed by atoms with Gasteiger partial charge < -0.3 is 14.7 Å². The Morgan fingerprint density at radius 2 is 2.16 bits per heavy atom. The predicted octanol–water partition coefficient (Wildman–Crippen LogP) is 2.66. The zero-order valence-corrected chi connectivity index (χ0v) is 11.5. The van der Waals surface area contributed by atoms with Gasteiger partial charge in [-0.15, -0.1) is 0 Å². The summed E-state index contributed by atoms with van der Waals surface area (Å²) in [6.07, 6.45) is 6.53. The Bertz CT molecular complexity index is 362. The van der Waals surface area contributed by atoms with E-state index in [4.69, 9.17) is 4.74 Å². The zero-order valence-electron chi connectivity index (χ0n) is 11.5. The first kappa shape index (κ1) is 15.5. The van der Waals surface area contributed by atoms with Gasteiger partial charge in [-0.2, -0.15) is 0 Å². The second-order valence-corrected chi connectivity index (χ2v) is 4.80. The van der Waals surface area contributed by atoms with Crippen LogP contribution < -0.4 is 0 Å². The lowest BCUT2D eigenvalue weighted by molar-refractivity contribution is 0.0959. The average molecular weight is 265 g/mol. The molecule has 106 valence electrons. The third-order valence-electron chi connectivity index (χ3n) is 3.34. The largest absolute Gasteiger partial charge is 0.445 e. The molecule has 1 aliphatic heterocycles. The molecule has 0 aliphatic carbocycles. The van der Waals surface area contributed by atoms with Crippen LogP contribution in [-0.4, -0.2) is 41.4 Å². The highest BCUT2D eigenvalue weighted by atomic mass is 16.6. The Morgan fingerprint density at radius 3 is 2.79 bits per heavy atom. The average Bonchev–Trinajstić information content (AvgIpc) is 2.56. The summed E-state index contributed by atoms with van der Waals surface area (Å²) in [4.78, 5) is 13.7. The Balaban J connectivity index is 2.54. The van der Waals surface area contributed by atoms with E-state index in [0.717, 1.165) is 18.4 Å². The highest BCUT2D eigenvalue weighted by molar-refractivity contribution is 5.68. The quantitative estimate of drug-likeness (QED) is 0.795. The molecule has 1 saturated heterocycles. The smallest absolute Gasteiger partial charge is 0.410 e. The maximum absolute atomic E-state index is 12.0. The number of carbonyl (C=O) groups is 1. The van der Waals surface area contributed by atoms with Crippen molar-refractivity contribution in [2.75, 3.05) is 13.2 Å². The summed E-state index contributed by atoms with van der Waals surface area (Å²) < 4.78 is 5.27. The number of likely N-dealkylation sites (tertiary alicyclic amines) is 1. The molecule has 0 saturated carbocycles. The van der Waals surface area contributed by atoms with Gasteiger partial charge in [-0.3, -0.25) is 0 Å². The molecule has 0 aromatic heterocycles. The summed E-state index contributed by atoms with van der Waals surface area (Å²) in [5.41, 5.74) is 0.811. The van der Waals surface area contributed by atoms with Crippen LogP contribution in [0, 0.1) is 0 Å². The van der Waals surface area contributed by atoms with Gasteiger partial charge in [0.1, 0.15) is 6.61 Å². The molecule has 0 spiro atoms. The summed E-state index contributed by atoms with van der Waals surface area (Å²) in [7, 11) is 0. The van der Waals surface area contributed by atoms with E-state index in [0.29, 0.717) is 13.0 Å². The van der Waals surface area contributed by atoms with Gasteiger partial charge in [-0.05, 0) is 31.8 Å². The normalized spacial score (nSPS) is 24.5. The Kier molecular flexibility index (Phi) is 6.36. The molecule has 1 heterocycles. The van der Waals surface area contributed by atoms with Crippen molar-refractivity contribution in [2.45, 2.75) is 38.3 Å². The predicted molar refractivity (Wildman–Crippen MR) is 75.9 cm³/mol. The lowest BCUT2D eigenvalue weighted by Crippen LogP contribution is -2.39. The summed E-state index contributed by atoms with van der Waals surface area (Å²) in [5, 5.41) is 9.62. The second-order valence-electron chi connectivity index (χ2n) is 4.80. The minimum Gasteiger partial charge on any atom is -0.445 e. The number of ether oxygens (including phenoxy) is 1. The molecular formula is C15H23NO3. The lowest BCUT2D eigenvalue weighted by Gasteiger charge is -2.26. The van der Waals surface area contributed by atoms with Crippen LogP contribution in [0.2, 0.25) is 0 Å². The topological polar surface area (TPSA) is 49.8 Å². The van der Waals surface area contributed by atoms with Gasteiger partial charge in [-0.1, -0.05) is 31.4 Å². The summed E-state index contributed by atoms with van der Waals surface area (Å²) >= 11 is 0. The second kappa shape index (κ2) is 7.79. The summed E-state index contributed by atoms with van der Waals surface area (Å²) in [5.74, 6) is 0. The molecule has 1 N–H and O–H groups in total. The van der Waals surface area contributed by atoms with Crippen LogP contribution in [0.25, 0.3) is 0 Å². The van der Waals surface area contributed by atoms with Crippen molar-refractivity contribution in [3.63, 3.8) is 0 Å². The molecular weight excluding hydrogens is 242 g/mol. The minimum absolute atomic E-state index is 0.0974. The molecule has 0 aromatic rings. The lowest BCUT2D eigenvalue weighted by atomic mass is 10.1. The number of nitrogens with zero attached hydrogens (tertiary/aromatic N) is 1. The Labute approximate surface area is 115 Å². The minimum atomic E-state index is -0.335. The van der Waals surface area contributed by atoms with Gasteiger partial charge in [0.15, 0.2) is 0 Å². The molecule has 1 rings (SSSR count). The van der Waals surface area contributed by atoms with Crippen molar-refractivity contribution in [3.8, 4) is 0 Å². The van der Waals surface area contributed by atoms with Crippen molar-refractivity contribution >= 4 is 6.09 Å². The molecule has 4 nitrogen and oxygen atoms in total. The number of allylic oxidation sites excluding steroid dienone is 2. The fraction of sp³-hybridized carbons (Fsp3) is 0.533. The van der Waals surface area contributed by atoms with Crippen molar-refractivity contribution in [1.82, 2.24) is 4.90 Å². The van der Waals surface area contributed by atoms with Crippen LogP contribution in [0.4, 0.5) is 4.79 Å². The molecule has 2 unspecified atom stereocenters. The summed E-state index contributed by atoms with van der Waals surface area (Å²) in [6, 6.07) is 0.0974. The molecule has 1 amide bonds. The zero-order chi connectivity index (χ0) is 14.3. The maximum Gasteiger partial charge on any atom is 0.410 e. The SMILES string of the molecule is C=C/C=C(\C=C)COC(=O)N1CCC(O)CCC1C. The molecule has 1 fully saturated rings. The van der Waals surface area contributed by atoms with Gasteiger partial charge >= 0.3 is 6.09 Å². The molecule has 0 radical (unpaired) electrons. The van der Waals surface area contributed by atoms with Gasteiger partial charge in [0.2, 0.25) is 0 Å². The van der Waals surface area contributed by atoms with E-state index < -0.39 is 0 Å². The summed E-state index contributed by atoms with van der Waals surface area (Å²) in [6.45, 7) is 9.96. The number of hydrogen-bond acceptors (Lipinski definition) is 3. The van der Waals surface area contributed by atoms with Crippen LogP contribution in [0.1, 0.15) is 26.2 Å². The first-order valence-corrected chi connectivity index (χ1v) is 6.64. The van der Waals surface area contributed by atoms with E-state index in [2.05, 4.69) is 13.2 Å². The van der Waals surface area contributed by atoms with Crippen molar-refractivity contribution in [1.29, 1.82) is 0 Å². The fourth-order valence-corrected chi connectivity index (χ4v) is 2.07. The van der Waals surface area contributed by atoms with Crippen molar-refractivity contribution < 1.29 is 14.6 Å². The van der Waals surface area contributed by atoms with Crippen LogP contribution in [0.5, 0.6) is 0 Å². The van der Waals surface area contributed by atoms with E-state index >= 15 is 0 Å². The van der Waals surface area contributed by atoms with Gasteiger partial charge in [0.25, 0.3) is 0 Å². The molecule has 2 atom stereocenters. The van der Waals surface area contributed by atoms with E-state index in [1.54, 1.807) is 23.1 Å². The van der Waals surface area contributed by atoms with Crippen LogP contribution >= 0.6 is 0 Å². The highest BCUT2D eigenvalue weighted by Crippen LogP contribution is 2.18. The van der Waals surface area contributed by atoms with Crippen LogP contribution in [-0.2, 0) is 4.74 Å². The first-order valence-electron chi connectivity index (χ1n) is 6.64. The Morgan fingerprint density at radius 1 is 1.42 bits per heavy atom. The van der Waals surface area contributed by atoms with E-state index in [-0.39, 0.29) is 24.8 Å². The fourth-order valence-electron chi connectivity index (χ4n) is 2.07. The number of aliphatic hydroxyl groups is 1. The molecule has 4 heteroatoms. The number of rotatable bonds is 4. The Hall–Kier alpha value is -1.55. The van der Waals surface area contributed by atoms with Crippen molar-refractivity contribution in [3.05, 3.63) is 37.0 Å². The highest BCUT2D eigenvalue weighted by Gasteiger charge is 2.26.